The summed E-state index contributed by atoms with van der Waals surface area (Å²) in [5.41, 5.74) is 2.55. The monoisotopic (exact) mass is 338 g/mol. The molecule has 5 nitrogen and oxygen atoms in total. The Kier molecular flexibility index (Phi) is 4.85. The van der Waals surface area contributed by atoms with Crippen molar-refractivity contribution in [2.24, 2.45) is 0 Å². The molecule has 1 aliphatic carbocycles. The van der Waals surface area contributed by atoms with E-state index in [-0.39, 0.29) is 17.6 Å². The van der Waals surface area contributed by atoms with Gasteiger partial charge in [-0.25, -0.2) is 9.18 Å². The quantitative estimate of drug-likeness (QED) is 0.766. The van der Waals surface area contributed by atoms with Crippen LogP contribution in [0.3, 0.4) is 0 Å². The molecule has 0 spiro atoms. The van der Waals surface area contributed by atoms with Crippen LogP contribution >= 0.6 is 0 Å². The van der Waals surface area contributed by atoms with E-state index in [0.717, 1.165) is 18.4 Å². The number of nitriles is 1. The van der Waals surface area contributed by atoms with Crippen molar-refractivity contribution in [1.82, 2.24) is 5.32 Å². The minimum atomic E-state index is -0.436. The van der Waals surface area contributed by atoms with Crippen LogP contribution in [0.1, 0.15) is 36.9 Å². The summed E-state index contributed by atoms with van der Waals surface area (Å²) in [5, 5.41) is 18.0. The molecule has 3 N–H and O–H groups in total. The topological polar surface area (TPSA) is 77.0 Å². The summed E-state index contributed by atoms with van der Waals surface area (Å²) >= 11 is 0. The Morgan fingerprint density at radius 2 is 1.96 bits per heavy atom. The molecule has 1 saturated carbocycles. The van der Waals surface area contributed by atoms with Gasteiger partial charge in [-0.15, -0.1) is 0 Å². The van der Waals surface area contributed by atoms with Gasteiger partial charge in [0.25, 0.3) is 0 Å². The molecule has 3 rings (SSSR count). The Balaban J connectivity index is 1.63. The Hall–Kier alpha value is -3.07. The lowest BCUT2D eigenvalue weighted by Crippen LogP contribution is -2.30. The molecule has 1 fully saturated rings. The van der Waals surface area contributed by atoms with Crippen molar-refractivity contribution in [2.75, 3.05) is 10.6 Å². The van der Waals surface area contributed by atoms with E-state index < -0.39 is 5.82 Å². The molecular weight excluding hydrogens is 319 g/mol. The molecule has 25 heavy (non-hydrogen) atoms. The zero-order chi connectivity index (χ0) is 17.8. The van der Waals surface area contributed by atoms with Gasteiger partial charge in [-0.1, -0.05) is 12.1 Å². The Morgan fingerprint density at radius 1 is 1.24 bits per heavy atom. The minimum absolute atomic E-state index is 0.0769. The van der Waals surface area contributed by atoms with Crippen LogP contribution in [-0.2, 0) is 0 Å². The van der Waals surface area contributed by atoms with Crippen molar-refractivity contribution >= 4 is 17.4 Å². The summed E-state index contributed by atoms with van der Waals surface area (Å²) in [4.78, 5) is 11.7. The number of nitrogens with one attached hydrogen (secondary N) is 3. The highest BCUT2D eigenvalue weighted by molar-refractivity contribution is 5.89. The number of amides is 2. The SMILES string of the molecule is CC(Nc1ccc(F)cc1C#N)c1ccc(NC(=O)NC2CC2)cc1. The normalized spacial score (nSPS) is 14.3. The van der Waals surface area contributed by atoms with Crippen LogP contribution in [0.25, 0.3) is 0 Å². The second-order valence-corrected chi connectivity index (χ2v) is 6.16. The number of carbonyl (C=O) groups excluding carboxylic acids is 1. The van der Waals surface area contributed by atoms with Gasteiger partial charge in [0, 0.05) is 17.8 Å². The number of anilines is 2. The van der Waals surface area contributed by atoms with E-state index in [1.807, 2.05) is 37.3 Å². The van der Waals surface area contributed by atoms with Crippen LogP contribution in [0.5, 0.6) is 0 Å². The van der Waals surface area contributed by atoms with Crippen molar-refractivity contribution in [3.63, 3.8) is 0 Å². The van der Waals surface area contributed by atoms with Crippen LogP contribution < -0.4 is 16.0 Å². The molecule has 0 bridgehead atoms. The Labute approximate surface area is 145 Å². The van der Waals surface area contributed by atoms with Crippen LogP contribution in [0.4, 0.5) is 20.6 Å². The van der Waals surface area contributed by atoms with Gasteiger partial charge in [0.15, 0.2) is 0 Å². The van der Waals surface area contributed by atoms with Gasteiger partial charge in [0.2, 0.25) is 0 Å². The Morgan fingerprint density at radius 3 is 2.60 bits per heavy atom. The van der Waals surface area contributed by atoms with Crippen molar-refractivity contribution in [3.05, 3.63) is 59.4 Å². The fourth-order valence-electron chi connectivity index (χ4n) is 2.49. The van der Waals surface area contributed by atoms with Crippen molar-refractivity contribution in [3.8, 4) is 6.07 Å². The predicted molar refractivity (Wildman–Crippen MR) is 94.8 cm³/mol. The lowest BCUT2D eigenvalue weighted by Gasteiger charge is -2.17. The van der Waals surface area contributed by atoms with Crippen molar-refractivity contribution in [1.29, 1.82) is 5.26 Å². The van der Waals surface area contributed by atoms with Gasteiger partial charge >= 0.3 is 6.03 Å². The third kappa shape index (κ3) is 4.48. The summed E-state index contributed by atoms with van der Waals surface area (Å²) in [7, 11) is 0. The van der Waals surface area contributed by atoms with Gasteiger partial charge in [-0.3, -0.25) is 0 Å². The minimum Gasteiger partial charge on any atom is -0.377 e. The number of rotatable bonds is 5. The highest BCUT2D eigenvalue weighted by Gasteiger charge is 2.23. The van der Waals surface area contributed by atoms with E-state index in [0.29, 0.717) is 17.4 Å². The van der Waals surface area contributed by atoms with Crippen LogP contribution in [0.2, 0.25) is 0 Å². The summed E-state index contributed by atoms with van der Waals surface area (Å²) in [6.07, 6.45) is 2.09. The van der Waals surface area contributed by atoms with E-state index in [4.69, 9.17) is 5.26 Å². The number of hydrogen-bond acceptors (Lipinski definition) is 3. The van der Waals surface area contributed by atoms with Gasteiger partial charge < -0.3 is 16.0 Å². The van der Waals surface area contributed by atoms with Crippen LogP contribution in [0, 0.1) is 17.1 Å². The van der Waals surface area contributed by atoms with E-state index >= 15 is 0 Å². The third-order valence-electron chi connectivity index (χ3n) is 4.06. The summed E-state index contributed by atoms with van der Waals surface area (Å²) in [6, 6.07) is 13.6. The molecule has 1 atom stereocenters. The number of halogens is 1. The van der Waals surface area contributed by atoms with Gasteiger partial charge in [-0.05, 0) is 55.7 Å². The molecule has 2 aromatic carbocycles. The lowest BCUT2D eigenvalue weighted by molar-refractivity contribution is 0.251. The first kappa shape index (κ1) is 16.8. The van der Waals surface area contributed by atoms with Crippen LogP contribution in [-0.4, -0.2) is 12.1 Å². The number of carbonyl (C=O) groups is 1. The van der Waals surface area contributed by atoms with Gasteiger partial charge in [0.1, 0.15) is 11.9 Å². The molecule has 128 valence electrons. The molecule has 6 heteroatoms. The highest BCUT2D eigenvalue weighted by Crippen LogP contribution is 2.24. The molecule has 1 unspecified atom stereocenters. The molecule has 0 radical (unpaired) electrons. The zero-order valence-corrected chi connectivity index (χ0v) is 13.8. The maximum absolute atomic E-state index is 13.2. The predicted octanol–water partition coefficient (Wildman–Crippen LogP) is 4.15. The number of benzene rings is 2. The molecule has 2 aromatic rings. The fraction of sp³-hybridized carbons (Fsp3) is 0.263. The van der Waals surface area contributed by atoms with E-state index in [1.165, 1.54) is 12.1 Å². The molecular formula is C19H19FN4O. The third-order valence-corrected chi connectivity index (χ3v) is 4.06. The first-order chi connectivity index (χ1) is 12.0. The molecule has 0 aliphatic heterocycles. The van der Waals surface area contributed by atoms with E-state index in [9.17, 15) is 9.18 Å². The van der Waals surface area contributed by atoms with Crippen molar-refractivity contribution in [2.45, 2.75) is 31.8 Å². The van der Waals surface area contributed by atoms with E-state index in [1.54, 1.807) is 6.07 Å². The Bertz CT molecular complexity index is 809. The second-order valence-electron chi connectivity index (χ2n) is 6.16. The van der Waals surface area contributed by atoms with E-state index in [2.05, 4.69) is 16.0 Å². The highest BCUT2D eigenvalue weighted by atomic mass is 19.1. The molecule has 0 heterocycles. The summed E-state index contributed by atoms with van der Waals surface area (Å²) < 4.78 is 13.2. The van der Waals surface area contributed by atoms with Crippen molar-refractivity contribution < 1.29 is 9.18 Å². The fourth-order valence-corrected chi connectivity index (χ4v) is 2.49. The molecule has 1 aliphatic rings. The first-order valence-electron chi connectivity index (χ1n) is 8.19. The maximum atomic E-state index is 13.2. The number of urea groups is 1. The van der Waals surface area contributed by atoms with Gasteiger partial charge in [0.05, 0.1) is 11.3 Å². The smallest absolute Gasteiger partial charge is 0.319 e. The average molecular weight is 338 g/mol. The summed E-state index contributed by atoms with van der Waals surface area (Å²) in [6.45, 7) is 1.95. The number of nitrogens with zero attached hydrogens (tertiary/aromatic N) is 1. The number of hydrogen-bond donors (Lipinski definition) is 3. The largest absolute Gasteiger partial charge is 0.377 e. The maximum Gasteiger partial charge on any atom is 0.319 e. The molecule has 0 aromatic heterocycles. The zero-order valence-electron chi connectivity index (χ0n) is 13.8. The lowest BCUT2D eigenvalue weighted by atomic mass is 10.1. The molecule has 0 saturated heterocycles. The molecule has 2 amide bonds. The first-order valence-corrected chi connectivity index (χ1v) is 8.19. The average Bonchev–Trinajstić information content (AvgIpc) is 3.40. The standard InChI is InChI=1S/C19H19FN4O/c1-12(22-18-9-4-15(20)10-14(18)11-21)13-2-5-16(6-3-13)23-19(25)24-17-7-8-17/h2-6,9-10,12,17,22H,7-8H2,1H3,(H2,23,24,25). The van der Waals surface area contributed by atoms with Gasteiger partial charge in [-0.2, -0.15) is 5.26 Å². The van der Waals surface area contributed by atoms with Crippen LogP contribution in [0.15, 0.2) is 42.5 Å². The summed E-state index contributed by atoms with van der Waals surface area (Å²) in [5.74, 6) is -0.436. The second kappa shape index (κ2) is 7.22.